The fraction of sp³-hybridized carbons (Fsp3) is 0.750. The van der Waals surface area contributed by atoms with E-state index in [2.05, 4.69) is 6.92 Å². The third-order valence-corrected chi connectivity index (χ3v) is 6.22. The summed E-state index contributed by atoms with van der Waals surface area (Å²) in [4.78, 5) is -0.123. The van der Waals surface area contributed by atoms with Gasteiger partial charge < -0.3 is 4.74 Å². The van der Waals surface area contributed by atoms with Crippen LogP contribution in [0.2, 0.25) is 0 Å². The van der Waals surface area contributed by atoms with Crippen LogP contribution in [0.5, 0.6) is 5.75 Å². The van der Waals surface area contributed by atoms with Crippen molar-refractivity contribution in [3.8, 4) is 5.75 Å². The highest BCUT2D eigenvalue weighted by molar-refractivity contribution is 7.85. The van der Waals surface area contributed by atoms with E-state index in [1.165, 1.54) is 102 Å². The Hall–Kier alpha value is -1.07. The summed E-state index contributed by atoms with van der Waals surface area (Å²) in [5, 5.41) is 0. The molecule has 0 saturated carbocycles. The smallest absolute Gasteiger partial charge is 0.294 e. The molecule has 0 unspecified atom stereocenters. The summed E-state index contributed by atoms with van der Waals surface area (Å²) in [6.07, 6.45) is 21.3. The number of rotatable bonds is 19. The predicted molar refractivity (Wildman–Crippen MR) is 121 cm³/mol. The van der Waals surface area contributed by atoms with Crippen LogP contribution in [-0.2, 0) is 10.1 Å². The highest BCUT2D eigenvalue weighted by atomic mass is 32.2. The molecule has 0 aromatic heterocycles. The second-order valence-electron chi connectivity index (χ2n) is 8.10. The number of hydrogen-bond donors (Lipinski definition) is 1. The summed E-state index contributed by atoms with van der Waals surface area (Å²) in [6.45, 7) is 2.85. The maximum Gasteiger partial charge on any atom is 0.294 e. The number of unbranched alkanes of at least 4 members (excludes halogenated alkanes) is 15. The van der Waals surface area contributed by atoms with Gasteiger partial charge in [-0.3, -0.25) is 4.55 Å². The minimum atomic E-state index is -4.17. The van der Waals surface area contributed by atoms with E-state index in [9.17, 15) is 8.42 Å². The first-order valence-corrected chi connectivity index (χ1v) is 13.2. The van der Waals surface area contributed by atoms with Gasteiger partial charge in [-0.15, -0.1) is 0 Å². The van der Waals surface area contributed by atoms with Crippen molar-refractivity contribution in [1.29, 1.82) is 0 Å². The Kier molecular flexibility index (Phi) is 15.0. The normalized spacial score (nSPS) is 11.7. The molecule has 1 rings (SSSR count). The van der Waals surface area contributed by atoms with Crippen LogP contribution < -0.4 is 4.74 Å². The molecule has 0 aliphatic rings. The van der Waals surface area contributed by atoms with Gasteiger partial charge in [0.15, 0.2) is 0 Å². The SMILES string of the molecule is CCCCCCCCCCCCCCCCCCOc1cccc(S(=O)(=O)O)c1. The zero-order chi connectivity index (χ0) is 21.2. The molecule has 1 aromatic carbocycles. The molecular weight excluding hydrogens is 384 g/mol. The van der Waals surface area contributed by atoms with Gasteiger partial charge in [-0.05, 0) is 18.6 Å². The summed E-state index contributed by atoms with van der Waals surface area (Å²) in [6, 6.07) is 6.01. The van der Waals surface area contributed by atoms with Crippen molar-refractivity contribution in [2.75, 3.05) is 6.61 Å². The van der Waals surface area contributed by atoms with Crippen LogP contribution in [0.3, 0.4) is 0 Å². The molecule has 5 heteroatoms. The van der Waals surface area contributed by atoms with Crippen LogP contribution in [-0.4, -0.2) is 19.6 Å². The van der Waals surface area contributed by atoms with Crippen molar-refractivity contribution in [1.82, 2.24) is 0 Å². The minimum absolute atomic E-state index is 0.123. The summed E-state index contributed by atoms with van der Waals surface area (Å²) in [5.41, 5.74) is 0. The van der Waals surface area contributed by atoms with E-state index in [1.54, 1.807) is 12.1 Å². The summed E-state index contributed by atoms with van der Waals surface area (Å²) in [5.74, 6) is 0.487. The van der Waals surface area contributed by atoms with Crippen molar-refractivity contribution in [3.63, 3.8) is 0 Å². The standard InChI is InChI=1S/C24H42O4S/c1-2-3-4-5-6-7-8-9-10-11-12-13-14-15-16-17-21-28-23-19-18-20-24(22-23)29(25,26)27/h18-20,22H,2-17,21H2,1H3,(H,25,26,27). The van der Waals surface area contributed by atoms with Crippen molar-refractivity contribution in [2.45, 2.75) is 115 Å². The molecule has 4 nitrogen and oxygen atoms in total. The van der Waals surface area contributed by atoms with E-state index in [1.807, 2.05) is 0 Å². The molecule has 29 heavy (non-hydrogen) atoms. The van der Waals surface area contributed by atoms with E-state index in [0.29, 0.717) is 12.4 Å². The Balaban J connectivity index is 1.86. The Bertz CT molecular complexity index is 613. The summed E-state index contributed by atoms with van der Waals surface area (Å²) in [7, 11) is -4.17. The molecule has 0 spiro atoms. The Labute approximate surface area is 179 Å². The van der Waals surface area contributed by atoms with Crippen LogP contribution in [0.1, 0.15) is 110 Å². The number of hydrogen-bond acceptors (Lipinski definition) is 3. The summed E-state index contributed by atoms with van der Waals surface area (Å²) >= 11 is 0. The maximum absolute atomic E-state index is 11.1. The van der Waals surface area contributed by atoms with E-state index in [4.69, 9.17) is 9.29 Å². The van der Waals surface area contributed by atoms with Gasteiger partial charge in [0.25, 0.3) is 10.1 Å². The zero-order valence-electron chi connectivity index (χ0n) is 18.4. The highest BCUT2D eigenvalue weighted by Gasteiger charge is 2.09. The first-order valence-electron chi connectivity index (χ1n) is 11.7. The molecule has 0 saturated heterocycles. The van der Waals surface area contributed by atoms with E-state index < -0.39 is 10.1 Å². The van der Waals surface area contributed by atoms with Crippen molar-refractivity contribution in [3.05, 3.63) is 24.3 Å². The molecule has 1 aromatic rings. The second-order valence-corrected chi connectivity index (χ2v) is 9.52. The number of ether oxygens (including phenoxy) is 1. The van der Waals surface area contributed by atoms with Gasteiger partial charge in [-0.25, -0.2) is 0 Å². The van der Waals surface area contributed by atoms with Gasteiger partial charge in [0, 0.05) is 6.07 Å². The fourth-order valence-electron chi connectivity index (χ4n) is 3.56. The topological polar surface area (TPSA) is 63.6 Å². The van der Waals surface area contributed by atoms with Crippen LogP contribution in [0, 0.1) is 0 Å². The first kappa shape index (κ1) is 26.0. The third-order valence-electron chi connectivity index (χ3n) is 5.37. The van der Waals surface area contributed by atoms with Crippen molar-refractivity contribution < 1.29 is 17.7 Å². The largest absolute Gasteiger partial charge is 0.494 e. The first-order chi connectivity index (χ1) is 14.0. The van der Waals surface area contributed by atoms with Gasteiger partial charge in [0.2, 0.25) is 0 Å². The monoisotopic (exact) mass is 426 g/mol. The lowest BCUT2D eigenvalue weighted by atomic mass is 10.0. The van der Waals surface area contributed by atoms with Gasteiger partial charge in [-0.2, -0.15) is 8.42 Å². The summed E-state index contributed by atoms with van der Waals surface area (Å²) < 4.78 is 36.9. The molecule has 1 N–H and O–H groups in total. The highest BCUT2D eigenvalue weighted by Crippen LogP contribution is 2.18. The van der Waals surface area contributed by atoms with E-state index >= 15 is 0 Å². The van der Waals surface area contributed by atoms with Gasteiger partial charge >= 0.3 is 0 Å². The molecule has 0 heterocycles. The quantitative estimate of drug-likeness (QED) is 0.183. The zero-order valence-corrected chi connectivity index (χ0v) is 19.2. The molecule has 0 fully saturated rings. The average Bonchev–Trinajstić information content (AvgIpc) is 2.70. The molecule has 0 amide bonds. The Morgan fingerprint density at radius 2 is 1.17 bits per heavy atom. The van der Waals surface area contributed by atoms with Crippen LogP contribution in [0.15, 0.2) is 29.2 Å². The molecule has 0 bridgehead atoms. The van der Waals surface area contributed by atoms with Crippen LogP contribution in [0.25, 0.3) is 0 Å². The van der Waals surface area contributed by atoms with Crippen LogP contribution in [0.4, 0.5) is 0 Å². The molecule has 0 atom stereocenters. The Morgan fingerprint density at radius 1 is 0.724 bits per heavy atom. The van der Waals surface area contributed by atoms with Gasteiger partial charge in [0.1, 0.15) is 5.75 Å². The van der Waals surface area contributed by atoms with Gasteiger partial charge in [0.05, 0.1) is 11.5 Å². The van der Waals surface area contributed by atoms with E-state index in [0.717, 1.165) is 12.8 Å². The van der Waals surface area contributed by atoms with E-state index in [-0.39, 0.29) is 4.90 Å². The lowest BCUT2D eigenvalue weighted by Gasteiger charge is -2.07. The minimum Gasteiger partial charge on any atom is -0.494 e. The predicted octanol–water partition coefficient (Wildman–Crippen LogP) is 7.57. The Morgan fingerprint density at radius 3 is 1.62 bits per heavy atom. The van der Waals surface area contributed by atoms with Crippen molar-refractivity contribution in [2.24, 2.45) is 0 Å². The van der Waals surface area contributed by atoms with Crippen LogP contribution >= 0.6 is 0 Å². The average molecular weight is 427 g/mol. The molecule has 168 valence electrons. The molecule has 0 aliphatic heterocycles. The van der Waals surface area contributed by atoms with Gasteiger partial charge in [-0.1, -0.05) is 109 Å². The maximum atomic E-state index is 11.1. The lowest BCUT2D eigenvalue weighted by molar-refractivity contribution is 0.303. The number of benzene rings is 1. The molecule has 0 radical (unpaired) electrons. The van der Waals surface area contributed by atoms with Crippen molar-refractivity contribution >= 4 is 10.1 Å². The second kappa shape index (κ2) is 16.7. The lowest BCUT2D eigenvalue weighted by Crippen LogP contribution is -2.01. The fourth-order valence-corrected chi connectivity index (χ4v) is 4.08. The third kappa shape index (κ3) is 14.5. The molecular formula is C24H42O4S. The molecule has 0 aliphatic carbocycles.